The third kappa shape index (κ3) is 2.14. The molecule has 0 amide bonds. The minimum Gasteiger partial charge on any atom is -0.281 e. The van der Waals surface area contributed by atoms with Crippen molar-refractivity contribution < 1.29 is 4.79 Å². The maximum Gasteiger partial charge on any atom is 0.227 e. The Morgan fingerprint density at radius 2 is 1.58 bits per heavy atom. The second kappa shape index (κ2) is 3.19. The Morgan fingerprint density at radius 3 is 1.92 bits per heavy atom. The Bertz CT molecular complexity index is 189. The molecule has 0 heterocycles. The maximum atomic E-state index is 11.1. The van der Waals surface area contributed by atoms with E-state index >= 15 is 0 Å². The van der Waals surface area contributed by atoms with Crippen molar-refractivity contribution in [1.29, 1.82) is 0 Å². The zero-order valence-corrected chi connectivity index (χ0v) is 9.00. The topological polar surface area (TPSA) is 17.1 Å². The van der Waals surface area contributed by atoms with Crippen LogP contribution in [0.3, 0.4) is 0 Å². The highest BCUT2D eigenvalue weighted by Gasteiger charge is 2.40. The van der Waals surface area contributed by atoms with Crippen molar-refractivity contribution in [3.63, 3.8) is 0 Å². The minimum atomic E-state index is -0.323. The van der Waals surface area contributed by atoms with Crippen LogP contribution in [0.5, 0.6) is 0 Å². The number of rotatable bonds is 1. The summed E-state index contributed by atoms with van der Waals surface area (Å²) in [5, 5.41) is -0.213. The fraction of sp³-hybridized carbons (Fsp3) is 0.889. The van der Waals surface area contributed by atoms with E-state index in [1.54, 1.807) is 0 Å². The highest BCUT2D eigenvalue weighted by atomic mass is 35.5. The zero-order valence-electron chi connectivity index (χ0n) is 7.49. The van der Waals surface area contributed by atoms with Crippen LogP contribution in [-0.2, 0) is 4.79 Å². The monoisotopic (exact) mass is 208 g/mol. The van der Waals surface area contributed by atoms with Gasteiger partial charge in [-0.1, -0.05) is 6.92 Å². The molecule has 0 aliphatic heterocycles. The molecular formula is C9H14Cl2O. The molecule has 3 heteroatoms. The summed E-state index contributed by atoms with van der Waals surface area (Å²) in [5.41, 5.74) is -0.323. The molecule has 0 spiro atoms. The average molecular weight is 209 g/mol. The van der Waals surface area contributed by atoms with Gasteiger partial charge in [-0.25, -0.2) is 0 Å². The van der Waals surface area contributed by atoms with Crippen LogP contribution >= 0.6 is 23.2 Å². The Hall–Kier alpha value is 0.250. The molecule has 0 unspecified atom stereocenters. The van der Waals surface area contributed by atoms with Crippen molar-refractivity contribution in [2.75, 3.05) is 0 Å². The molecule has 0 N–H and O–H groups in total. The van der Waals surface area contributed by atoms with E-state index in [1.165, 1.54) is 0 Å². The smallest absolute Gasteiger partial charge is 0.227 e. The molecule has 1 fully saturated rings. The first-order valence-electron chi connectivity index (χ1n) is 4.25. The lowest BCUT2D eigenvalue weighted by Crippen LogP contribution is -2.35. The van der Waals surface area contributed by atoms with Crippen molar-refractivity contribution in [2.45, 2.75) is 44.4 Å². The zero-order chi connectivity index (χ0) is 9.41. The van der Waals surface area contributed by atoms with E-state index < -0.39 is 0 Å². The van der Waals surface area contributed by atoms with E-state index in [2.05, 4.69) is 0 Å². The molecule has 1 aliphatic carbocycles. The van der Waals surface area contributed by atoms with Gasteiger partial charge in [0, 0.05) is 10.3 Å². The van der Waals surface area contributed by atoms with E-state index in [0.29, 0.717) is 0 Å². The van der Waals surface area contributed by atoms with E-state index in [1.807, 2.05) is 13.8 Å². The van der Waals surface area contributed by atoms with Gasteiger partial charge in [-0.05, 0) is 44.2 Å². The average Bonchev–Trinajstić information content (AvgIpc) is 1.96. The summed E-state index contributed by atoms with van der Waals surface area (Å²) >= 11 is 11.7. The fourth-order valence-electron chi connectivity index (χ4n) is 1.52. The highest BCUT2D eigenvalue weighted by Crippen LogP contribution is 2.44. The minimum absolute atomic E-state index is 0.119. The van der Waals surface area contributed by atoms with Gasteiger partial charge in [-0.15, -0.1) is 11.6 Å². The fourth-order valence-corrected chi connectivity index (χ4v) is 1.90. The highest BCUT2D eigenvalue weighted by molar-refractivity contribution is 6.64. The molecule has 1 nitrogen and oxygen atoms in total. The summed E-state index contributed by atoms with van der Waals surface area (Å²) in [5.74, 6) is 0. The molecule has 0 saturated heterocycles. The number of halogens is 2. The van der Waals surface area contributed by atoms with Crippen LogP contribution in [0.1, 0.15) is 39.5 Å². The molecular weight excluding hydrogens is 195 g/mol. The number of alkyl halides is 1. The first kappa shape index (κ1) is 10.3. The largest absolute Gasteiger partial charge is 0.281 e. The van der Waals surface area contributed by atoms with Gasteiger partial charge in [-0.2, -0.15) is 0 Å². The normalized spacial score (nSPS) is 42.7. The van der Waals surface area contributed by atoms with Crippen LogP contribution < -0.4 is 0 Å². The lowest BCUT2D eigenvalue weighted by molar-refractivity contribution is -0.121. The van der Waals surface area contributed by atoms with Crippen LogP contribution in [-0.4, -0.2) is 10.1 Å². The second-order valence-electron chi connectivity index (χ2n) is 4.25. The van der Waals surface area contributed by atoms with Gasteiger partial charge < -0.3 is 0 Å². The standard InChI is InChI=1S/C9H14Cl2O/c1-8(7(10)12)3-5-9(2,11)6-4-8/h3-6H2,1-2H3. The molecule has 70 valence electrons. The number of carbonyl (C=O) groups is 1. The summed E-state index contributed by atoms with van der Waals surface area (Å²) in [6.07, 6.45) is 3.39. The van der Waals surface area contributed by atoms with Gasteiger partial charge >= 0.3 is 0 Å². The quantitative estimate of drug-likeness (QED) is 0.478. The summed E-state index contributed by atoms with van der Waals surface area (Å²) in [4.78, 5) is 10.9. The Labute approximate surface area is 83.4 Å². The van der Waals surface area contributed by atoms with Gasteiger partial charge in [0.15, 0.2) is 0 Å². The van der Waals surface area contributed by atoms with Crippen LogP contribution in [0.4, 0.5) is 0 Å². The van der Waals surface area contributed by atoms with E-state index in [-0.39, 0.29) is 15.5 Å². The summed E-state index contributed by atoms with van der Waals surface area (Å²) in [7, 11) is 0. The first-order chi connectivity index (χ1) is 5.36. The predicted molar refractivity (Wildman–Crippen MR) is 51.7 cm³/mol. The Kier molecular flexibility index (Phi) is 2.75. The van der Waals surface area contributed by atoms with Crippen molar-refractivity contribution in [2.24, 2.45) is 5.41 Å². The lowest BCUT2D eigenvalue weighted by Gasteiger charge is -2.37. The third-order valence-corrected chi connectivity index (χ3v) is 3.70. The van der Waals surface area contributed by atoms with Gasteiger partial charge in [-0.3, -0.25) is 4.79 Å². The van der Waals surface area contributed by atoms with Crippen LogP contribution in [0.2, 0.25) is 0 Å². The lowest BCUT2D eigenvalue weighted by atomic mass is 9.73. The number of hydrogen-bond donors (Lipinski definition) is 0. The van der Waals surface area contributed by atoms with Gasteiger partial charge in [0.2, 0.25) is 5.24 Å². The van der Waals surface area contributed by atoms with E-state index in [9.17, 15) is 4.79 Å². The molecule has 0 atom stereocenters. The molecule has 0 radical (unpaired) electrons. The van der Waals surface area contributed by atoms with E-state index in [0.717, 1.165) is 25.7 Å². The summed E-state index contributed by atoms with van der Waals surface area (Å²) in [6, 6.07) is 0. The van der Waals surface area contributed by atoms with Crippen molar-refractivity contribution in [3.05, 3.63) is 0 Å². The molecule has 0 bridgehead atoms. The molecule has 1 rings (SSSR count). The maximum absolute atomic E-state index is 11.1. The Morgan fingerprint density at radius 1 is 1.17 bits per heavy atom. The molecule has 12 heavy (non-hydrogen) atoms. The number of carbonyl (C=O) groups excluding carboxylic acids is 1. The molecule has 1 aliphatic rings. The Balaban J connectivity index is 2.62. The molecule has 1 saturated carbocycles. The van der Waals surface area contributed by atoms with Crippen LogP contribution in [0, 0.1) is 5.41 Å². The molecule has 0 aromatic carbocycles. The SMILES string of the molecule is CC1(Cl)CCC(C)(C(=O)Cl)CC1. The molecule has 0 aromatic heterocycles. The van der Waals surface area contributed by atoms with Gasteiger partial charge in [0.1, 0.15) is 0 Å². The van der Waals surface area contributed by atoms with E-state index in [4.69, 9.17) is 23.2 Å². The van der Waals surface area contributed by atoms with Crippen LogP contribution in [0.25, 0.3) is 0 Å². The summed E-state index contributed by atoms with van der Waals surface area (Å²) < 4.78 is 0. The second-order valence-corrected chi connectivity index (χ2v) is 5.50. The number of hydrogen-bond acceptors (Lipinski definition) is 1. The van der Waals surface area contributed by atoms with Crippen molar-refractivity contribution in [1.82, 2.24) is 0 Å². The van der Waals surface area contributed by atoms with Crippen molar-refractivity contribution >= 4 is 28.4 Å². The van der Waals surface area contributed by atoms with Gasteiger partial charge in [0.05, 0.1) is 0 Å². The molecule has 0 aromatic rings. The third-order valence-electron chi connectivity index (χ3n) is 2.87. The first-order valence-corrected chi connectivity index (χ1v) is 5.00. The predicted octanol–water partition coefficient (Wildman–Crippen LogP) is 3.33. The van der Waals surface area contributed by atoms with Crippen LogP contribution in [0.15, 0.2) is 0 Å². The summed E-state index contributed by atoms with van der Waals surface area (Å²) in [6.45, 7) is 3.95. The van der Waals surface area contributed by atoms with Gasteiger partial charge in [0.25, 0.3) is 0 Å². The van der Waals surface area contributed by atoms with Crippen molar-refractivity contribution in [3.8, 4) is 0 Å².